The van der Waals surface area contributed by atoms with Crippen LogP contribution in [0.25, 0.3) is 0 Å². The minimum atomic E-state index is -2.50. The maximum absolute atomic E-state index is 12.5. The zero-order valence-electron chi connectivity index (χ0n) is 37.2. The molecule has 0 aromatic heterocycles. The zero-order valence-corrected chi connectivity index (χ0v) is 37.2. The van der Waals surface area contributed by atoms with E-state index in [1.165, 1.54) is 0 Å². The summed E-state index contributed by atoms with van der Waals surface area (Å²) in [4.78, 5) is 48.9. The predicted octanol–water partition coefficient (Wildman–Crippen LogP) is -9.34. The van der Waals surface area contributed by atoms with Gasteiger partial charge < -0.3 is 132 Å². The standard InChI is InChI=1S/C38H65N5O25/c1-12(49)40-22(26(53)16(5-7-44)63-37-21(39)29(56)28(55)18(9-46)65-37)36(61)68-33-20(11-48)66-38(25(31(33)58)43-15(4)52)64-17(6-8-45)27(54)23(41-13(2)50)35(60)67-32-19(10-47)62-34(59)24(30(32)57)42-14(3)51/h16-21,24-25,28-38,44-48,53-61H,5-11,39H2,1-4H3,(H,40,49)(H,41,50)(H,42,51)(H,43,52)/b26-22-,27-23-/t16-,17?,18?,19?,20?,21?,24?,25?,28?,29?,30?,31?,32?,33?,34?,35?,36?,37?,38?/m0/s1. The minimum absolute atomic E-state index is 0.513. The van der Waals surface area contributed by atoms with Crippen LogP contribution in [-0.4, -0.2) is 245 Å². The van der Waals surface area contributed by atoms with Gasteiger partial charge in [-0.1, -0.05) is 0 Å². The smallest absolute Gasteiger partial charge is 0.221 e. The van der Waals surface area contributed by atoms with Crippen molar-refractivity contribution in [2.45, 2.75) is 157 Å². The van der Waals surface area contributed by atoms with Crippen LogP contribution in [0.5, 0.6) is 0 Å². The highest BCUT2D eigenvalue weighted by Crippen LogP contribution is 2.31. The lowest BCUT2D eigenvalue weighted by Crippen LogP contribution is -2.66. The Kier molecular flexibility index (Phi) is 23.2. The van der Waals surface area contributed by atoms with E-state index in [1.807, 2.05) is 0 Å². The van der Waals surface area contributed by atoms with Crippen LogP contribution in [0.1, 0.15) is 40.5 Å². The molecule has 3 aliphatic heterocycles. The minimum Gasteiger partial charge on any atom is -0.507 e. The predicted molar refractivity (Wildman–Crippen MR) is 219 cm³/mol. The Bertz CT molecular complexity index is 1730. The third kappa shape index (κ3) is 15.1. The molecule has 0 aromatic carbocycles. The van der Waals surface area contributed by atoms with Crippen molar-refractivity contribution in [2.75, 3.05) is 33.0 Å². The number of rotatable bonds is 23. The van der Waals surface area contributed by atoms with E-state index in [0.29, 0.717) is 0 Å². The van der Waals surface area contributed by atoms with Gasteiger partial charge in [-0.3, -0.25) is 19.2 Å². The maximum Gasteiger partial charge on any atom is 0.221 e. The van der Waals surface area contributed by atoms with Crippen LogP contribution in [0.15, 0.2) is 22.9 Å². The number of aliphatic hydroxyl groups is 14. The van der Waals surface area contributed by atoms with E-state index in [4.69, 9.17) is 38.9 Å². The number of carbonyl (C=O) groups is 4. The Morgan fingerprint density at radius 1 is 0.544 bits per heavy atom. The third-order valence-electron chi connectivity index (χ3n) is 10.6. The van der Waals surface area contributed by atoms with Crippen molar-refractivity contribution in [1.82, 2.24) is 21.3 Å². The molecule has 0 radical (unpaired) electrons. The molecule has 3 heterocycles. The molecule has 30 nitrogen and oxygen atoms in total. The molecule has 19 atom stereocenters. The average Bonchev–Trinajstić information content (AvgIpc) is 3.27. The molecule has 3 rings (SSSR count). The molecular weight excluding hydrogens is 926 g/mol. The van der Waals surface area contributed by atoms with Gasteiger partial charge in [-0.2, -0.15) is 0 Å². The molecule has 68 heavy (non-hydrogen) atoms. The Balaban J connectivity index is 2.00. The largest absolute Gasteiger partial charge is 0.507 e. The van der Waals surface area contributed by atoms with E-state index in [1.54, 1.807) is 0 Å². The van der Waals surface area contributed by atoms with Crippen LogP contribution in [0.2, 0.25) is 0 Å². The Labute approximate surface area is 387 Å². The van der Waals surface area contributed by atoms with E-state index < -0.39 is 209 Å². The number of ether oxygens (including phenoxy) is 7. The molecule has 3 saturated heterocycles. The topological polar surface area (TPSA) is 490 Å². The summed E-state index contributed by atoms with van der Waals surface area (Å²) >= 11 is 0. The Hall–Kier alpha value is -3.84. The number of hydrogen-bond donors (Lipinski definition) is 19. The first kappa shape index (κ1) is 58.5. The van der Waals surface area contributed by atoms with Gasteiger partial charge in [0, 0.05) is 53.8 Å². The summed E-state index contributed by atoms with van der Waals surface area (Å²) < 4.78 is 39.1. The summed E-state index contributed by atoms with van der Waals surface area (Å²) in [5.41, 5.74) is 4.15. The average molecular weight is 992 g/mol. The van der Waals surface area contributed by atoms with Crippen LogP contribution in [-0.2, 0) is 52.3 Å². The van der Waals surface area contributed by atoms with Crippen molar-refractivity contribution in [3.05, 3.63) is 22.9 Å². The molecule has 3 fully saturated rings. The van der Waals surface area contributed by atoms with E-state index in [0.717, 1.165) is 27.7 Å². The summed E-state index contributed by atoms with van der Waals surface area (Å²) in [5, 5.41) is 158. The number of carbonyl (C=O) groups excluding carboxylic acids is 4. The fourth-order valence-corrected chi connectivity index (χ4v) is 7.37. The zero-order chi connectivity index (χ0) is 51.3. The van der Waals surface area contributed by atoms with Crippen molar-refractivity contribution < 1.29 is 124 Å². The summed E-state index contributed by atoms with van der Waals surface area (Å²) in [6, 6.07) is -4.88. The van der Waals surface area contributed by atoms with Crippen molar-refractivity contribution in [3.63, 3.8) is 0 Å². The molecule has 0 bridgehead atoms. The monoisotopic (exact) mass is 991 g/mol. The van der Waals surface area contributed by atoms with Gasteiger partial charge in [0.1, 0.15) is 102 Å². The van der Waals surface area contributed by atoms with Crippen molar-refractivity contribution >= 4 is 23.6 Å². The summed E-state index contributed by atoms with van der Waals surface area (Å²) in [5.74, 6) is -5.65. The van der Waals surface area contributed by atoms with Gasteiger partial charge in [0.15, 0.2) is 31.5 Å². The first-order valence-corrected chi connectivity index (χ1v) is 21.1. The lowest BCUT2D eigenvalue weighted by atomic mass is 9.96. The molecule has 4 amide bonds. The lowest BCUT2D eigenvalue weighted by Gasteiger charge is -2.45. The highest BCUT2D eigenvalue weighted by molar-refractivity contribution is 5.76. The second-order valence-corrected chi connectivity index (χ2v) is 15.8. The molecule has 0 aliphatic carbocycles. The van der Waals surface area contributed by atoms with Gasteiger partial charge in [0.25, 0.3) is 0 Å². The van der Waals surface area contributed by atoms with Crippen LogP contribution in [0, 0.1) is 0 Å². The van der Waals surface area contributed by atoms with E-state index in [2.05, 4.69) is 21.3 Å². The second kappa shape index (κ2) is 26.9. The van der Waals surface area contributed by atoms with Crippen LogP contribution < -0.4 is 27.0 Å². The summed E-state index contributed by atoms with van der Waals surface area (Å²) in [6.07, 6.45) is -31.1. The maximum atomic E-state index is 12.5. The molecular formula is C38H65N5O25. The number of aliphatic hydroxyl groups excluding tert-OH is 14. The van der Waals surface area contributed by atoms with Gasteiger partial charge in [-0.05, 0) is 0 Å². The highest BCUT2D eigenvalue weighted by Gasteiger charge is 2.51. The fourth-order valence-electron chi connectivity index (χ4n) is 7.37. The third-order valence-corrected chi connectivity index (χ3v) is 10.6. The lowest BCUT2D eigenvalue weighted by molar-refractivity contribution is -0.303. The fraction of sp³-hybridized carbons (Fsp3) is 0.789. The molecule has 392 valence electrons. The quantitative estimate of drug-likeness (QED) is 0.0334. The molecule has 0 spiro atoms. The van der Waals surface area contributed by atoms with Gasteiger partial charge in [0.05, 0.1) is 25.9 Å². The van der Waals surface area contributed by atoms with Gasteiger partial charge in [0.2, 0.25) is 23.6 Å². The molecule has 3 aliphatic rings. The highest BCUT2D eigenvalue weighted by atomic mass is 16.7. The van der Waals surface area contributed by atoms with Gasteiger partial charge in [-0.15, -0.1) is 0 Å². The first-order valence-electron chi connectivity index (χ1n) is 21.1. The number of nitrogens with one attached hydrogen (secondary N) is 4. The van der Waals surface area contributed by atoms with Gasteiger partial charge >= 0.3 is 0 Å². The SMILES string of the molecule is CC(=O)N/C(=C(\O)C(CCO)OC1OC(CO)C(OC(O)/C(NC(C)=O)=C(/O)[C@H](CCO)OC2OC(CO)C(O)C(O)C2N)C(O)C1NC(C)=O)C(O)OC1C(CO)OC(O)C(NC(C)=O)C1O. The van der Waals surface area contributed by atoms with Gasteiger partial charge in [-0.25, -0.2) is 0 Å². The summed E-state index contributed by atoms with van der Waals surface area (Å²) in [6.45, 7) is -0.459. The second-order valence-electron chi connectivity index (χ2n) is 15.8. The number of hydrogen-bond acceptors (Lipinski definition) is 26. The molecule has 30 heteroatoms. The molecule has 0 aromatic rings. The number of nitrogens with two attached hydrogens (primary N) is 1. The number of amides is 4. The van der Waals surface area contributed by atoms with E-state index in [-0.39, 0.29) is 0 Å². The Morgan fingerprint density at radius 3 is 1.35 bits per heavy atom. The van der Waals surface area contributed by atoms with Crippen LogP contribution in [0.3, 0.4) is 0 Å². The molecule has 18 unspecified atom stereocenters. The van der Waals surface area contributed by atoms with Crippen molar-refractivity contribution in [2.24, 2.45) is 5.73 Å². The summed E-state index contributed by atoms with van der Waals surface area (Å²) in [7, 11) is 0. The Morgan fingerprint density at radius 2 is 0.941 bits per heavy atom. The first-order chi connectivity index (χ1) is 32.0. The van der Waals surface area contributed by atoms with Crippen molar-refractivity contribution in [1.29, 1.82) is 0 Å². The van der Waals surface area contributed by atoms with Crippen LogP contribution in [0.4, 0.5) is 0 Å². The van der Waals surface area contributed by atoms with E-state index >= 15 is 0 Å². The van der Waals surface area contributed by atoms with Crippen molar-refractivity contribution in [3.8, 4) is 0 Å². The van der Waals surface area contributed by atoms with Crippen LogP contribution >= 0.6 is 0 Å². The molecule has 0 saturated carbocycles. The normalized spacial score (nSPS) is 34.6. The van der Waals surface area contributed by atoms with E-state index in [9.17, 15) is 90.7 Å². The molecule has 20 N–H and O–H groups in total.